The lowest BCUT2D eigenvalue weighted by molar-refractivity contribution is 0.475. The minimum atomic E-state index is 0.325. The molecule has 0 heterocycles. The Morgan fingerprint density at radius 1 is 1.19 bits per heavy atom. The molecule has 0 fully saturated rings. The summed E-state index contributed by atoms with van der Waals surface area (Å²) >= 11 is 0. The lowest BCUT2D eigenvalue weighted by atomic mass is 10.0. The van der Waals surface area contributed by atoms with Gasteiger partial charge in [-0.3, -0.25) is 0 Å². The van der Waals surface area contributed by atoms with Crippen LogP contribution in [-0.4, -0.2) is 18.7 Å². The summed E-state index contributed by atoms with van der Waals surface area (Å²) in [4.78, 5) is 0. The molecule has 2 nitrogen and oxygen atoms in total. The van der Waals surface area contributed by atoms with Crippen molar-refractivity contribution in [1.29, 1.82) is 0 Å². The van der Waals surface area contributed by atoms with Gasteiger partial charge in [-0.25, -0.2) is 0 Å². The van der Waals surface area contributed by atoms with Gasteiger partial charge in [0.2, 0.25) is 0 Å². The van der Waals surface area contributed by atoms with E-state index in [0.717, 1.165) is 22.9 Å². The highest BCUT2D eigenvalue weighted by molar-refractivity contribution is 5.92. The van der Waals surface area contributed by atoms with Crippen molar-refractivity contribution in [3.63, 3.8) is 0 Å². The van der Waals surface area contributed by atoms with Crippen molar-refractivity contribution in [2.45, 2.75) is 0 Å². The molecule has 0 aliphatic heterocycles. The van der Waals surface area contributed by atoms with Gasteiger partial charge >= 0.3 is 0 Å². The van der Waals surface area contributed by atoms with Crippen molar-refractivity contribution >= 4 is 16.8 Å². The van der Waals surface area contributed by atoms with Crippen LogP contribution >= 0.6 is 0 Å². The van der Waals surface area contributed by atoms with Crippen molar-refractivity contribution in [3.8, 4) is 5.75 Å². The quantitative estimate of drug-likeness (QED) is 0.821. The average molecular weight is 213 g/mol. The normalized spacial score (nSPS) is 11.3. The van der Waals surface area contributed by atoms with Gasteiger partial charge in [-0.2, -0.15) is 0 Å². The van der Waals surface area contributed by atoms with Gasteiger partial charge in [-0.1, -0.05) is 42.5 Å². The topological polar surface area (TPSA) is 32.3 Å². The molecule has 2 aromatic carbocycles. The van der Waals surface area contributed by atoms with Crippen molar-refractivity contribution < 1.29 is 5.11 Å². The number of hydrogen-bond donors (Lipinski definition) is 2. The summed E-state index contributed by atoms with van der Waals surface area (Å²) < 4.78 is 0. The van der Waals surface area contributed by atoms with Crippen molar-refractivity contribution in [1.82, 2.24) is 5.32 Å². The molecule has 2 N–H and O–H groups in total. The zero-order valence-corrected chi connectivity index (χ0v) is 9.27. The first-order valence-electron chi connectivity index (χ1n) is 5.35. The molecule has 2 rings (SSSR count). The Morgan fingerprint density at radius 2 is 2.00 bits per heavy atom. The van der Waals surface area contributed by atoms with E-state index >= 15 is 0 Å². The van der Waals surface area contributed by atoms with Gasteiger partial charge < -0.3 is 10.4 Å². The molecule has 0 aliphatic rings. The molecular formula is C14H15NO. The molecule has 82 valence electrons. The molecule has 0 unspecified atom stereocenters. The first-order chi connectivity index (χ1) is 7.83. The molecule has 0 spiro atoms. The number of hydrogen-bond acceptors (Lipinski definition) is 2. The summed E-state index contributed by atoms with van der Waals surface area (Å²) in [7, 11) is 1.90. The fraction of sp³-hybridized carbons (Fsp3) is 0.143. The van der Waals surface area contributed by atoms with E-state index in [1.54, 1.807) is 6.07 Å². The minimum absolute atomic E-state index is 0.325. The Balaban J connectivity index is 2.52. The molecule has 0 atom stereocenters. The van der Waals surface area contributed by atoms with Crippen molar-refractivity contribution in [2.75, 3.05) is 13.6 Å². The zero-order valence-electron chi connectivity index (χ0n) is 9.27. The lowest BCUT2D eigenvalue weighted by Crippen LogP contribution is -2.03. The third-order valence-corrected chi connectivity index (χ3v) is 2.55. The van der Waals surface area contributed by atoms with Gasteiger partial charge in [0, 0.05) is 12.1 Å². The number of aromatic hydroxyl groups is 1. The van der Waals surface area contributed by atoms with E-state index in [0.29, 0.717) is 5.75 Å². The summed E-state index contributed by atoms with van der Waals surface area (Å²) in [6.45, 7) is 0.794. The van der Waals surface area contributed by atoms with E-state index in [-0.39, 0.29) is 0 Å². The second-order valence-corrected chi connectivity index (χ2v) is 3.68. The number of phenolic OH excluding ortho intramolecular Hbond substituents is 1. The van der Waals surface area contributed by atoms with E-state index < -0.39 is 0 Å². The van der Waals surface area contributed by atoms with E-state index in [1.165, 1.54) is 0 Å². The molecule has 0 amide bonds. The van der Waals surface area contributed by atoms with Crippen LogP contribution in [0.25, 0.3) is 16.8 Å². The van der Waals surface area contributed by atoms with Crippen LogP contribution in [0.3, 0.4) is 0 Å². The van der Waals surface area contributed by atoms with Gasteiger partial charge in [0.15, 0.2) is 0 Å². The summed E-state index contributed by atoms with van der Waals surface area (Å²) in [5.74, 6) is 0.325. The van der Waals surface area contributed by atoms with E-state index in [9.17, 15) is 5.11 Å². The second-order valence-electron chi connectivity index (χ2n) is 3.68. The highest BCUT2D eigenvalue weighted by Gasteiger charge is 2.02. The maximum absolute atomic E-state index is 9.84. The van der Waals surface area contributed by atoms with Crippen molar-refractivity contribution in [2.24, 2.45) is 0 Å². The SMILES string of the molecule is CNCC=Cc1c(O)ccc2ccccc12. The number of rotatable bonds is 3. The summed E-state index contributed by atoms with van der Waals surface area (Å²) in [5, 5.41) is 15.1. The molecule has 0 saturated heterocycles. The van der Waals surface area contributed by atoms with Crippen LogP contribution < -0.4 is 5.32 Å². The van der Waals surface area contributed by atoms with Gasteiger partial charge in [-0.15, -0.1) is 0 Å². The Morgan fingerprint density at radius 3 is 2.81 bits per heavy atom. The molecule has 0 radical (unpaired) electrons. The Hall–Kier alpha value is -1.80. The highest BCUT2D eigenvalue weighted by atomic mass is 16.3. The number of phenols is 1. The standard InChI is InChI=1S/C14H15NO/c1-15-10-4-7-13-12-6-3-2-5-11(12)8-9-14(13)16/h2-9,15-16H,10H2,1H3. The van der Waals surface area contributed by atoms with Crippen molar-refractivity contribution in [3.05, 3.63) is 48.0 Å². The maximum atomic E-state index is 9.84. The summed E-state index contributed by atoms with van der Waals surface area (Å²) in [6, 6.07) is 11.7. The molecule has 2 heteroatoms. The number of likely N-dealkylation sites (N-methyl/N-ethyl adjacent to an activating group) is 1. The molecule has 0 saturated carbocycles. The summed E-state index contributed by atoms with van der Waals surface area (Å²) in [5.41, 5.74) is 0.883. The lowest BCUT2D eigenvalue weighted by Gasteiger charge is -2.04. The third kappa shape index (κ3) is 2.07. The van der Waals surface area contributed by atoms with Gasteiger partial charge in [0.1, 0.15) is 5.75 Å². The Bertz CT molecular complexity index is 517. The summed E-state index contributed by atoms with van der Waals surface area (Å²) in [6.07, 6.45) is 3.95. The molecule has 0 aliphatic carbocycles. The van der Waals surface area contributed by atoms with Gasteiger partial charge in [0.25, 0.3) is 0 Å². The fourth-order valence-electron chi connectivity index (χ4n) is 1.75. The predicted octanol–water partition coefficient (Wildman–Crippen LogP) is 2.78. The fourth-order valence-corrected chi connectivity index (χ4v) is 1.75. The van der Waals surface area contributed by atoms with E-state index in [2.05, 4.69) is 5.32 Å². The largest absolute Gasteiger partial charge is 0.507 e. The first-order valence-corrected chi connectivity index (χ1v) is 5.35. The molecule has 16 heavy (non-hydrogen) atoms. The Labute approximate surface area is 95.2 Å². The number of nitrogens with one attached hydrogen (secondary N) is 1. The number of fused-ring (bicyclic) bond motifs is 1. The van der Waals surface area contributed by atoms with Crippen LogP contribution in [0.15, 0.2) is 42.5 Å². The molecule has 0 bridgehead atoms. The van der Waals surface area contributed by atoms with E-state index in [1.807, 2.05) is 49.5 Å². The minimum Gasteiger partial charge on any atom is -0.507 e. The first kappa shape index (κ1) is 10.7. The Kier molecular flexibility index (Phi) is 3.22. The van der Waals surface area contributed by atoms with Crippen LogP contribution in [0.1, 0.15) is 5.56 Å². The van der Waals surface area contributed by atoms with E-state index in [4.69, 9.17) is 0 Å². The maximum Gasteiger partial charge on any atom is 0.123 e. The number of benzene rings is 2. The third-order valence-electron chi connectivity index (χ3n) is 2.55. The predicted molar refractivity (Wildman–Crippen MR) is 68.6 cm³/mol. The van der Waals surface area contributed by atoms with Crippen LogP contribution in [-0.2, 0) is 0 Å². The molecular weight excluding hydrogens is 198 g/mol. The van der Waals surface area contributed by atoms with Crippen LogP contribution in [0, 0.1) is 0 Å². The van der Waals surface area contributed by atoms with Gasteiger partial charge in [-0.05, 0) is 23.9 Å². The highest BCUT2D eigenvalue weighted by Crippen LogP contribution is 2.27. The monoisotopic (exact) mass is 213 g/mol. The second kappa shape index (κ2) is 4.81. The van der Waals surface area contributed by atoms with Crippen LogP contribution in [0.2, 0.25) is 0 Å². The van der Waals surface area contributed by atoms with Crippen LogP contribution in [0.4, 0.5) is 0 Å². The van der Waals surface area contributed by atoms with Gasteiger partial charge in [0.05, 0.1) is 0 Å². The molecule has 0 aromatic heterocycles. The smallest absolute Gasteiger partial charge is 0.123 e. The van der Waals surface area contributed by atoms with Crippen LogP contribution in [0.5, 0.6) is 5.75 Å². The zero-order chi connectivity index (χ0) is 11.4. The molecule has 2 aromatic rings. The average Bonchev–Trinajstić information content (AvgIpc) is 2.32.